The van der Waals surface area contributed by atoms with E-state index in [9.17, 15) is 13.5 Å². The summed E-state index contributed by atoms with van der Waals surface area (Å²) in [4.78, 5) is 0.156. The first-order valence-electron chi connectivity index (χ1n) is 7.70. The third kappa shape index (κ3) is 3.84. The van der Waals surface area contributed by atoms with Crippen LogP contribution in [-0.2, 0) is 10.0 Å². The first-order chi connectivity index (χ1) is 12.1. The summed E-state index contributed by atoms with van der Waals surface area (Å²) in [5.41, 5.74) is 1.51. The average molecular weight is 355 g/mol. The van der Waals surface area contributed by atoms with Crippen LogP contribution in [0.1, 0.15) is 11.1 Å². The summed E-state index contributed by atoms with van der Waals surface area (Å²) in [6.45, 7) is -0.0423. The summed E-state index contributed by atoms with van der Waals surface area (Å²) in [6, 6.07) is 16.3. The van der Waals surface area contributed by atoms with E-state index >= 15 is 0 Å². The van der Waals surface area contributed by atoms with Crippen LogP contribution >= 0.6 is 0 Å². The fourth-order valence-electron chi connectivity index (χ4n) is 2.42. The molecule has 7 heteroatoms. The fourth-order valence-corrected chi connectivity index (χ4v) is 3.63. The van der Waals surface area contributed by atoms with Crippen molar-refractivity contribution in [2.45, 2.75) is 4.90 Å². The van der Waals surface area contributed by atoms with Crippen molar-refractivity contribution in [1.29, 1.82) is 0 Å². The average Bonchev–Trinajstić information content (AvgIpc) is 2.90. The van der Waals surface area contributed by atoms with E-state index in [1.54, 1.807) is 30.5 Å². The maximum atomic E-state index is 12.1. The van der Waals surface area contributed by atoms with E-state index in [4.69, 9.17) is 0 Å². The Bertz CT molecular complexity index is 935. The lowest BCUT2D eigenvalue weighted by atomic mass is 10.2. The van der Waals surface area contributed by atoms with E-state index in [0.717, 1.165) is 5.56 Å². The fraction of sp³-hybridized carbons (Fsp3) is 0.111. The number of rotatable bonds is 5. The second kappa shape index (κ2) is 7.42. The summed E-state index contributed by atoms with van der Waals surface area (Å²) in [7, 11) is -3.72. The Morgan fingerprint density at radius 3 is 2.56 bits per heavy atom. The van der Waals surface area contributed by atoms with Gasteiger partial charge in [-0.15, -0.1) is 4.40 Å². The minimum absolute atomic E-state index is 0.137. The molecule has 6 nitrogen and oxygen atoms in total. The van der Waals surface area contributed by atoms with Crippen molar-refractivity contribution in [3.8, 4) is 0 Å². The maximum absolute atomic E-state index is 12.1. The normalized spacial score (nSPS) is 15.5. The predicted molar refractivity (Wildman–Crippen MR) is 97.9 cm³/mol. The quantitative estimate of drug-likeness (QED) is 0.658. The number of hydrogen-bond acceptors (Lipinski definition) is 5. The molecule has 0 saturated carbocycles. The van der Waals surface area contributed by atoms with Crippen molar-refractivity contribution in [2.75, 3.05) is 13.2 Å². The molecule has 0 amide bonds. The highest BCUT2D eigenvalue weighted by Gasteiger charge is 2.31. The van der Waals surface area contributed by atoms with Gasteiger partial charge in [0, 0.05) is 11.8 Å². The van der Waals surface area contributed by atoms with Gasteiger partial charge in [0.1, 0.15) is 4.90 Å². The molecule has 0 aromatic heterocycles. The molecule has 128 valence electrons. The van der Waals surface area contributed by atoms with Gasteiger partial charge in [0.15, 0.2) is 5.84 Å². The zero-order valence-electron chi connectivity index (χ0n) is 13.4. The lowest BCUT2D eigenvalue weighted by Gasteiger charge is -2.17. The summed E-state index contributed by atoms with van der Waals surface area (Å²) in [5.74, 6) is 0.217. The molecule has 1 aliphatic rings. The van der Waals surface area contributed by atoms with Crippen molar-refractivity contribution in [1.82, 2.24) is 5.01 Å². The monoisotopic (exact) mass is 355 g/mol. The molecule has 0 saturated heterocycles. The third-order valence-electron chi connectivity index (χ3n) is 3.55. The molecule has 1 N–H and O–H groups in total. The summed E-state index contributed by atoms with van der Waals surface area (Å²) < 4.78 is 28.1. The van der Waals surface area contributed by atoms with Crippen LogP contribution in [0.3, 0.4) is 0 Å². The molecule has 25 heavy (non-hydrogen) atoms. The van der Waals surface area contributed by atoms with Gasteiger partial charge in [-0.3, -0.25) is 0 Å². The van der Waals surface area contributed by atoms with E-state index in [0.29, 0.717) is 5.56 Å². The molecule has 2 aromatic rings. The Morgan fingerprint density at radius 2 is 1.80 bits per heavy atom. The van der Waals surface area contributed by atoms with Crippen LogP contribution in [0, 0.1) is 0 Å². The van der Waals surface area contributed by atoms with E-state index in [2.05, 4.69) is 9.50 Å². The highest BCUT2D eigenvalue weighted by atomic mass is 32.2. The number of hydrazone groups is 1. The third-order valence-corrected chi connectivity index (χ3v) is 4.87. The number of fused-ring (bicyclic) bond motifs is 1. The number of aliphatic hydroxyl groups excluding tert-OH is 1. The number of benzene rings is 2. The molecular formula is C18H17N3O3S. The molecule has 1 aliphatic heterocycles. The number of allylic oxidation sites excluding steroid dienone is 1. The molecule has 2 aromatic carbocycles. The highest BCUT2D eigenvalue weighted by molar-refractivity contribution is 7.90. The van der Waals surface area contributed by atoms with Gasteiger partial charge >= 0.3 is 0 Å². The van der Waals surface area contributed by atoms with Crippen LogP contribution in [-0.4, -0.2) is 43.7 Å². The van der Waals surface area contributed by atoms with E-state index in [-0.39, 0.29) is 23.9 Å². The lowest BCUT2D eigenvalue weighted by Crippen LogP contribution is -2.28. The number of sulfonamides is 1. The highest BCUT2D eigenvalue weighted by Crippen LogP contribution is 2.27. The van der Waals surface area contributed by atoms with Crippen molar-refractivity contribution in [3.05, 3.63) is 71.8 Å². The predicted octanol–water partition coefficient (Wildman–Crippen LogP) is 2.13. The van der Waals surface area contributed by atoms with Crippen molar-refractivity contribution in [2.24, 2.45) is 9.50 Å². The van der Waals surface area contributed by atoms with Gasteiger partial charge in [0.2, 0.25) is 0 Å². The molecule has 1 heterocycles. The van der Waals surface area contributed by atoms with Crippen LogP contribution in [0.4, 0.5) is 0 Å². The van der Waals surface area contributed by atoms with Crippen LogP contribution in [0.5, 0.6) is 0 Å². The van der Waals surface area contributed by atoms with Crippen LogP contribution in [0.25, 0.3) is 6.08 Å². The molecule has 0 aliphatic carbocycles. The molecule has 3 rings (SSSR count). The summed E-state index contributed by atoms with van der Waals surface area (Å²) >= 11 is 0. The second-order valence-corrected chi connectivity index (χ2v) is 6.84. The van der Waals surface area contributed by atoms with E-state index in [1.165, 1.54) is 11.1 Å². The standard InChI is InChI=1S/C18H17N3O3S/c22-14-13-21(19-12-6-9-15-7-2-1-3-8-15)18-16-10-4-5-11-17(16)25(23,24)20-18/h1-12,22H,13-14H2/b9-6+,19-12?. The van der Waals surface area contributed by atoms with Gasteiger partial charge in [-0.1, -0.05) is 48.5 Å². The molecule has 0 spiro atoms. The molecule has 0 atom stereocenters. The molecule has 0 unspecified atom stereocenters. The molecule has 0 fully saturated rings. The Hall–Kier alpha value is -2.77. The Labute approximate surface area is 146 Å². The number of nitrogens with zero attached hydrogens (tertiary/aromatic N) is 3. The second-order valence-electron chi connectivity index (χ2n) is 5.27. The number of hydrogen-bond donors (Lipinski definition) is 1. The molecule has 0 bridgehead atoms. The van der Waals surface area contributed by atoms with E-state index < -0.39 is 10.0 Å². The van der Waals surface area contributed by atoms with Crippen LogP contribution < -0.4 is 0 Å². The van der Waals surface area contributed by atoms with Crippen molar-refractivity contribution in [3.63, 3.8) is 0 Å². The molecular weight excluding hydrogens is 338 g/mol. The van der Waals surface area contributed by atoms with Crippen molar-refractivity contribution >= 4 is 28.1 Å². The number of amidine groups is 1. The summed E-state index contributed by atoms with van der Waals surface area (Å²) in [6.07, 6.45) is 5.16. The van der Waals surface area contributed by atoms with Crippen molar-refractivity contribution < 1.29 is 13.5 Å². The van der Waals surface area contributed by atoms with Gasteiger partial charge in [-0.05, 0) is 23.8 Å². The van der Waals surface area contributed by atoms with Gasteiger partial charge < -0.3 is 5.11 Å². The van der Waals surface area contributed by atoms with E-state index in [1.807, 2.05) is 36.4 Å². The minimum Gasteiger partial charge on any atom is -0.394 e. The summed E-state index contributed by atoms with van der Waals surface area (Å²) in [5, 5.41) is 14.9. The zero-order chi connectivity index (χ0) is 17.7. The SMILES string of the molecule is O=S1(=O)N=C(N(CCO)N=C/C=C/c2ccccc2)c2ccccc21. The van der Waals surface area contributed by atoms with Gasteiger partial charge in [-0.25, -0.2) is 5.01 Å². The maximum Gasteiger partial charge on any atom is 0.285 e. The van der Waals surface area contributed by atoms with Gasteiger partial charge in [-0.2, -0.15) is 13.5 Å². The van der Waals surface area contributed by atoms with Crippen LogP contribution in [0.2, 0.25) is 0 Å². The van der Waals surface area contributed by atoms with Crippen LogP contribution in [0.15, 0.2) is 75.1 Å². The number of aliphatic hydroxyl groups is 1. The topological polar surface area (TPSA) is 82.3 Å². The Morgan fingerprint density at radius 1 is 1.08 bits per heavy atom. The largest absolute Gasteiger partial charge is 0.394 e. The Balaban J connectivity index is 1.85. The first-order valence-corrected chi connectivity index (χ1v) is 9.14. The smallest absolute Gasteiger partial charge is 0.285 e. The zero-order valence-corrected chi connectivity index (χ0v) is 14.2. The minimum atomic E-state index is -3.72. The van der Waals surface area contributed by atoms with Gasteiger partial charge in [0.25, 0.3) is 10.0 Å². The lowest BCUT2D eigenvalue weighted by molar-refractivity contribution is 0.254. The Kier molecular flexibility index (Phi) is 5.06. The van der Waals surface area contributed by atoms with Gasteiger partial charge in [0.05, 0.1) is 13.2 Å². The first kappa shape index (κ1) is 17.1. The molecule has 0 radical (unpaired) electrons.